The molecular formula is C17H16N4O2. The Kier molecular flexibility index (Phi) is 3.77. The van der Waals surface area contributed by atoms with Crippen LogP contribution >= 0.6 is 0 Å². The SMILES string of the molecule is COc1cc2nc(-c3cccc(N)c3)n(CC#N)c2cc1OC. The maximum atomic E-state index is 9.17. The molecule has 3 aromatic rings. The van der Waals surface area contributed by atoms with Gasteiger partial charge in [-0.3, -0.25) is 0 Å². The molecule has 0 radical (unpaired) electrons. The van der Waals surface area contributed by atoms with E-state index in [1.54, 1.807) is 20.3 Å². The van der Waals surface area contributed by atoms with Crippen molar-refractivity contribution in [1.29, 1.82) is 5.26 Å². The molecule has 0 saturated heterocycles. The number of nitriles is 1. The molecule has 3 rings (SSSR count). The summed E-state index contributed by atoms with van der Waals surface area (Å²) in [6.45, 7) is 0.177. The summed E-state index contributed by atoms with van der Waals surface area (Å²) in [6.07, 6.45) is 0. The minimum absolute atomic E-state index is 0.177. The molecule has 0 bridgehead atoms. The first kappa shape index (κ1) is 14.7. The van der Waals surface area contributed by atoms with Crippen LogP contribution in [0.3, 0.4) is 0 Å². The summed E-state index contributed by atoms with van der Waals surface area (Å²) in [5, 5.41) is 9.17. The van der Waals surface area contributed by atoms with Crippen molar-refractivity contribution in [3.8, 4) is 29.0 Å². The van der Waals surface area contributed by atoms with Gasteiger partial charge in [0.1, 0.15) is 12.4 Å². The number of imidazole rings is 1. The average Bonchev–Trinajstić information content (AvgIpc) is 2.91. The third-order valence-corrected chi connectivity index (χ3v) is 3.63. The molecule has 1 heterocycles. The van der Waals surface area contributed by atoms with E-state index < -0.39 is 0 Å². The van der Waals surface area contributed by atoms with Crippen LogP contribution in [0, 0.1) is 11.3 Å². The van der Waals surface area contributed by atoms with Crippen molar-refractivity contribution in [2.75, 3.05) is 20.0 Å². The second-order valence-electron chi connectivity index (χ2n) is 5.00. The quantitative estimate of drug-likeness (QED) is 0.749. The number of fused-ring (bicyclic) bond motifs is 1. The number of ether oxygens (including phenoxy) is 2. The van der Waals surface area contributed by atoms with Crippen LogP contribution in [0.15, 0.2) is 36.4 Å². The summed E-state index contributed by atoms with van der Waals surface area (Å²) >= 11 is 0. The van der Waals surface area contributed by atoms with E-state index in [-0.39, 0.29) is 6.54 Å². The Bertz CT molecular complexity index is 909. The standard InChI is InChI=1S/C17H16N4O2/c1-22-15-9-13-14(10-16(15)23-2)21(7-6-18)17(20-13)11-4-3-5-12(19)8-11/h3-5,8-10H,7,19H2,1-2H3. The second-order valence-corrected chi connectivity index (χ2v) is 5.00. The molecule has 1 aromatic heterocycles. The zero-order valence-corrected chi connectivity index (χ0v) is 12.9. The molecular weight excluding hydrogens is 292 g/mol. The first-order valence-corrected chi connectivity index (χ1v) is 7.03. The Morgan fingerprint density at radius 2 is 1.91 bits per heavy atom. The van der Waals surface area contributed by atoms with Gasteiger partial charge in [0.15, 0.2) is 11.5 Å². The number of aromatic nitrogens is 2. The lowest BCUT2D eigenvalue weighted by Crippen LogP contribution is -1.99. The predicted molar refractivity (Wildman–Crippen MR) is 88.3 cm³/mol. The third-order valence-electron chi connectivity index (χ3n) is 3.63. The first-order chi connectivity index (χ1) is 11.2. The minimum atomic E-state index is 0.177. The number of nitrogens with two attached hydrogens (primary N) is 1. The maximum absolute atomic E-state index is 9.17. The lowest BCUT2D eigenvalue weighted by Gasteiger charge is -2.08. The summed E-state index contributed by atoms with van der Waals surface area (Å²) in [7, 11) is 3.16. The fourth-order valence-electron chi connectivity index (χ4n) is 2.58. The van der Waals surface area contributed by atoms with Crippen LogP contribution in [-0.2, 0) is 6.54 Å². The first-order valence-electron chi connectivity index (χ1n) is 7.03. The van der Waals surface area contributed by atoms with Gasteiger partial charge in [0.05, 0.1) is 31.3 Å². The Hall–Kier alpha value is -3.20. The van der Waals surface area contributed by atoms with Crippen LogP contribution < -0.4 is 15.2 Å². The highest BCUT2D eigenvalue weighted by Gasteiger charge is 2.16. The van der Waals surface area contributed by atoms with Crippen molar-refractivity contribution in [2.24, 2.45) is 0 Å². The Balaban J connectivity index is 2.30. The van der Waals surface area contributed by atoms with Crippen LogP contribution in [0.2, 0.25) is 0 Å². The molecule has 116 valence electrons. The smallest absolute Gasteiger partial charge is 0.163 e. The summed E-state index contributed by atoms with van der Waals surface area (Å²) in [5.41, 5.74) is 8.90. The van der Waals surface area contributed by atoms with Crippen LogP contribution in [0.5, 0.6) is 11.5 Å². The van der Waals surface area contributed by atoms with Gasteiger partial charge < -0.3 is 19.8 Å². The number of hydrogen-bond acceptors (Lipinski definition) is 5. The topological polar surface area (TPSA) is 86.1 Å². The van der Waals surface area contributed by atoms with Crippen LogP contribution in [0.25, 0.3) is 22.4 Å². The highest BCUT2D eigenvalue weighted by atomic mass is 16.5. The van der Waals surface area contributed by atoms with E-state index in [1.165, 1.54) is 0 Å². The molecule has 2 N–H and O–H groups in total. The van der Waals surface area contributed by atoms with E-state index in [0.717, 1.165) is 16.6 Å². The fraction of sp³-hybridized carbons (Fsp3) is 0.176. The normalized spacial score (nSPS) is 10.5. The second kappa shape index (κ2) is 5.89. The van der Waals surface area contributed by atoms with Gasteiger partial charge in [0, 0.05) is 23.4 Å². The van der Waals surface area contributed by atoms with E-state index in [0.29, 0.717) is 23.0 Å². The van der Waals surface area contributed by atoms with Gasteiger partial charge in [-0.2, -0.15) is 5.26 Å². The largest absolute Gasteiger partial charge is 0.493 e. The fourth-order valence-corrected chi connectivity index (χ4v) is 2.58. The lowest BCUT2D eigenvalue weighted by molar-refractivity contribution is 0.355. The van der Waals surface area contributed by atoms with Gasteiger partial charge in [0.2, 0.25) is 0 Å². The molecule has 6 nitrogen and oxygen atoms in total. The molecule has 0 atom stereocenters. The minimum Gasteiger partial charge on any atom is -0.493 e. The molecule has 0 saturated carbocycles. The van der Waals surface area contributed by atoms with E-state index >= 15 is 0 Å². The molecule has 0 spiro atoms. The molecule has 0 fully saturated rings. The number of anilines is 1. The van der Waals surface area contributed by atoms with Gasteiger partial charge in [-0.05, 0) is 12.1 Å². The van der Waals surface area contributed by atoms with Gasteiger partial charge >= 0.3 is 0 Å². The van der Waals surface area contributed by atoms with Crippen molar-refractivity contribution in [1.82, 2.24) is 9.55 Å². The van der Waals surface area contributed by atoms with E-state index in [4.69, 9.17) is 15.2 Å². The monoisotopic (exact) mass is 308 g/mol. The number of methoxy groups -OCH3 is 2. The molecule has 0 aliphatic rings. The Morgan fingerprint density at radius 1 is 1.17 bits per heavy atom. The van der Waals surface area contributed by atoms with Crippen LogP contribution in [0.1, 0.15) is 0 Å². The molecule has 0 amide bonds. The van der Waals surface area contributed by atoms with E-state index in [1.807, 2.05) is 34.9 Å². The molecule has 0 aliphatic heterocycles. The summed E-state index contributed by atoms with van der Waals surface area (Å²) in [6, 6.07) is 13.2. The lowest BCUT2D eigenvalue weighted by atomic mass is 10.2. The summed E-state index contributed by atoms with van der Waals surface area (Å²) in [4.78, 5) is 4.65. The van der Waals surface area contributed by atoms with Crippen molar-refractivity contribution < 1.29 is 9.47 Å². The van der Waals surface area contributed by atoms with E-state index in [9.17, 15) is 5.26 Å². The Labute approximate surface area is 133 Å². The van der Waals surface area contributed by atoms with Crippen LogP contribution in [-0.4, -0.2) is 23.8 Å². The zero-order chi connectivity index (χ0) is 16.4. The van der Waals surface area contributed by atoms with Crippen molar-refractivity contribution in [3.05, 3.63) is 36.4 Å². The number of nitrogens with zero attached hydrogens (tertiary/aromatic N) is 3. The molecule has 23 heavy (non-hydrogen) atoms. The molecule has 2 aromatic carbocycles. The molecule has 6 heteroatoms. The van der Waals surface area contributed by atoms with Crippen LogP contribution in [0.4, 0.5) is 5.69 Å². The van der Waals surface area contributed by atoms with Crippen molar-refractivity contribution in [2.45, 2.75) is 6.54 Å². The van der Waals surface area contributed by atoms with Gasteiger partial charge in [-0.15, -0.1) is 0 Å². The van der Waals surface area contributed by atoms with Crippen molar-refractivity contribution >= 4 is 16.7 Å². The summed E-state index contributed by atoms with van der Waals surface area (Å²) in [5.74, 6) is 1.88. The Morgan fingerprint density at radius 3 is 2.57 bits per heavy atom. The van der Waals surface area contributed by atoms with Gasteiger partial charge in [-0.1, -0.05) is 12.1 Å². The number of rotatable bonds is 4. The maximum Gasteiger partial charge on any atom is 0.163 e. The third kappa shape index (κ3) is 2.53. The van der Waals surface area contributed by atoms with Gasteiger partial charge in [0.25, 0.3) is 0 Å². The molecule has 0 aliphatic carbocycles. The van der Waals surface area contributed by atoms with Crippen molar-refractivity contribution in [3.63, 3.8) is 0 Å². The predicted octanol–water partition coefficient (Wildman–Crippen LogP) is 2.83. The number of benzene rings is 2. The average molecular weight is 308 g/mol. The highest BCUT2D eigenvalue weighted by molar-refractivity contribution is 5.84. The number of nitrogen functional groups attached to an aromatic ring is 1. The summed E-state index contributed by atoms with van der Waals surface area (Å²) < 4.78 is 12.5. The zero-order valence-electron chi connectivity index (χ0n) is 12.9. The number of hydrogen-bond donors (Lipinski definition) is 1. The molecule has 0 unspecified atom stereocenters. The van der Waals surface area contributed by atoms with E-state index in [2.05, 4.69) is 11.1 Å². The van der Waals surface area contributed by atoms with Gasteiger partial charge in [-0.25, -0.2) is 4.98 Å². The highest BCUT2D eigenvalue weighted by Crippen LogP contribution is 2.34.